The molecule has 116 valence electrons. The highest BCUT2D eigenvalue weighted by Crippen LogP contribution is 2.20. The first-order valence-corrected chi connectivity index (χ1v) is 7.75. The molecule has 1 atom stereocenters. The maximum Gasteiger partial charge on any atom is 0.260 e. The molecule has 1 unspecified atom stereocenters. The molecule has 3 rings (SSSR count). The van der Waals surface area contributed by atoms with Crippen molar-refractivity contribution < 1.29 is 9.84 Å². The van der Waals surface area contributed by atoms with E-state index in [2.05, 4.69) is 25.9 Å². The van der Waals surface area contributed by atoms with E-state index in [0.717, 1.165) is 4.47 Å². The van der Waals surface area contributed by atoms with Crippen LogP contribution in [0.25, 0.3) is 0 Å². The highest BCUT2D eigenvalue weighted by atomic mass is 79.9. The van der Waals surface area contributed by atoms with E-state index in [1.54, 1.807) is 24.0 Å². The number of halogens is 1. The number of hydrogen-bond acceptors (Lipinski definition) is 5. The minimum absolute atomic E-state index is 0.0922. The van der Waals surface area contributed by atoms with Crippen molar-refractivity contribution in [1.29, 1.82) is 0 Å². The molecule has 0 bridgehead atoms. The van der Waals surface area contributed by atoms with E-state index >= 15 is 0 Å². The minimum Gasteiger partial charge on any atom is -0.451 e. The van der Waals surface area contributed by atoms with Crippen LogP contribution in [0.5, 0.6) is 5.75 Å². The minimum atomic E-state index is -1.07. The van der Waals surface area contributed by atoms with Gasteiger partial charge in [0.05, 0.1) is 5.69 Å². The number of ether oxygens (including phenoxy) is 1. The summed E-state index contributed by atoms with van der Waals surface area (Å²) in [7, 11) is 0. The van der Waals surface area contributed by atoms with E-state index in [4.69, 9.17) is 4.74 Å². The lowest BCUT2D eigenvalue weighted by Crippen LogP contribution is -2.44. The molecule has 7 heteroatoms. The predicted molar refractivity (Wildman–Crippen MR) is 84.5 cm³/mol. The summed E-state index contributed by atoms with van der Waals surface area (Å²) in [6, 6.07) is 7.24. The van der Waals surface area contributed by atoms with Gasteiger partial charge in [0.1, 0.15) is 11.6 Å². The first-order chi connectivity index (χ1) is 10.5. The Labute approximate surface area is 135 Å². The third-order valence-corrected chi connectivity index (χ3v) is 4.12. The molecule has 1 aromatic heterocycles. The lowest BCUT2D eigenvalue weighted by Gasteiger charge is -2.31. The third-order valence-electron chi connectivity index (χ3n) is 3.59. The summed E-state index contributed by atoms with van der Waals surface area (Å²) in [5.41, 5.74) is 1.30. The molecule has 0 aliphatic carbocycles. The molecule has 0 saturated heterocycles. The Morgan fingerprint density at radius 2 is 2.14 bits per heavy atom. The standard InChI is InChI=1S/C15H16BrN3O3/c1-9-17-13-8-19(7-6-12(13)14(20)18-9)15(21)22-11-4-2-10(16)3-5-11/h2-5,15,21H,6-8H2,1H3,(H,17,18,20). The second-order valence-corrected chi connectivity index (χ2v) is 6.11. The van der Waals surface area contributed by atoms with Crippen molar-refractivity contribution in [3.8, 4) is 5.75 Å². The number of fused-ring (bicyclic) bond motifs is 1. The second-order valence-electron chi connectivity index (χ2n) is 5.20. The van der Waals surface area contributed by atoms with E-state index < -0.39 is 6.41 Å². The Balaban J connectivity index is 1.73. The van der Waals surface area contributed by atoms with Crippen molar-refractivity contribution in [2.75, 3.05) is 6.54 Å². The quantitative estimate of drug-likeness (QED) is 0.806. The van der Waals surface area contributed by atoms with Crippen molar-refractivity contribution in [3.05, 3.63) is 56.2 Å². The van der Waals surface area contributed by atoms with Crippen LogP contribution in [0.3, 0.4) is 0 Å². The molecule has 22 heavy (non-hydrogen) atoms. The van der Waals surface area contributed by atoms with Gasteiger partial charge in [-0.05, 0) is 37.6 Å². The first kappa shape index (κ1) is 15.2. The zero-order chi connectivity index (χ0) is 15.7. The molecule has 2 heterocycles. The van der Waals surface area contributed by atoms with Gasteiger partial charge in [-0.2, -0.15) is 0 Å². The molecule has 1 aliphatic heterocycles. The van der Waals surface area contributed by atoms with Crippen LogP contribution in [0.4, 0.5) is 0 Å². The van der Waals surface area contributed by atoms with Gasteiger partial charge in [-0.25, -0.2) is 9.88 Å². The van der Waals surface area contributed by atoms with Crippen molar-refractivity contribution in [3.63, 3.8) is 0 Å². The number of rotatable bonds is 3. The Morgan fingerprint density at radius 1 is 1.41 bits per heavy atom. The maximum absolute atomic E-state index is 11.9. The van der Waals surface area contributed by atoms with Crippen LogP contribution in [-0.4, -0.2) is 32.9 Å². The number of hydrogen-bond donors (Lipinski definition) is 2. The fourth-order valence-electron chi connectivity index (χ4n) is 2.48. The van der Waals surface area contributed by atoms with Crippen LogP contribution < -0.4 is 10.3 Å². The molecule has 0 spiro atoms. The number of nitrogens with zero attached hydrogens (tertiary/aromatic N) is 2. The number of aromatic amines is 1. The van der Waals surface area contributed by atoms with Crippen LogP contribution >= 0.6 is 15.9 Å². The van der Waals surface area contributed by atoms with Gasteiger partial charge >= 0.3 is 0 Å². The summed E-state index contributed by atoms with van der Waals surface area (Å²) in [6.45, 7) is 2.67. The fourth-order valence-corrected chi connectivity index (χ4v) is 2.75. The van der Waals surface area contributed by atoms with Crippen LogP contribution in [0.15, 0.2) is 33.5 Å². The topological polar surface area (TPSA) is 78.5 Å². The van der Waals surface area contributed by atoms with Crippen LogP contribution in [0.1, 0.15) is 17.1 Å². The van der Waals surface area contributed by atoms with Crippen molar-refractivity contribution in [2.45, 2.75) is 26.3 Å². The van der Waals surface area contributed by atoms with Crippen LogP contribution in [-0.2, 0) is 13.0 Å². The molecule has 0 fully saturated rings. The summed E-state index contributed by atoms with van der Waals surface area (Å²) in [4.78, 5) is 20.7. The number of H-pyrrole nitrogens is 1. The van der Waals surface area contributed by atoms with Crippen molar-refractivity contribution >= 4 is 15.9 Å². The molecular formula is C15H16BrN3O3. The van der Waals surface area contributed by atoms with Gasteiger partial charge in [0, 0.05) is 23.1 Å². The van der Waals surface area contributed by atoms with Crippen LogP contribution in [0, 0.1) is 6.92 Å². The number of aliphatic hydroxyl groups is 1. The number of benzene rings is 1. The normalized spacial score (nSPS) is 16.1. The van der Waals surface area contributed by atoms with E-state index in [1.165, 1.54) is 0 Å². The van der Waals surface area contributed by atoms with Crippen LogP contribution in [0.2, 0.25) is 0 Å². The molecule has 0 radical (unpaired) electrons. The Morgan fingerprint density at radius 3 is 2.86 bits per heavy atom. The molecule has 6 nitrogen and oxygen atoms in total. The Bertz CT molecular complexity index is 730. The van der Waals surface area contributed by atoms with Crippen molar-refractivity contribution in [2.24, 2.45) is 0 Å². The molecule has 2 N–H and O–H groups in total. The monoisotopic (exact) mass is 365 g/mol. The van der Waals surface area contributed by atoms with E-state index in [9.17, 15) is 9.90 Å². The average molecular weight is 366 g/mol. The molecule has 2 aromatic rings. The summed E-state index contributed by atoms with van der Waals surface area (Å²) >= 11 is 3.35. The lowest BCUT2D eigenvalue weighted by atomic mass is 10.1. The van der Waals surface area contributed by atoms with E-state index in [-0.39, 0.29) is 5.56 Å². The first-order valence-electron chi connectivity index (χ1n) is 6.96. The number of aliphatic hydroxyl groups excluding tert-OH is 1. The molecule has 1 aromatic carbocycles. The highest BCUT2D eigenvalue weighted by molar-refractivity contribution is 9.10. The molecule has 0 amide bonds. The number of nitrogens with one attached hydrogen (secondary N) is 1. The smallest absolute Gasteiger partial charge is 0.260 e. The van der Waals surface area contributed by atoms with Gasteiger partial charge in [-0.3, -0.25) is 4.79 Å². The predicted octanol–water partition coefficient (Wildman–Crippen LogP) is 1.55. The Kier molecular flexibility index (Phi) is 4.28. The summed E-state index contributed by atoms with van der Waals surface area (Å²) in [6.07, 6.45) is -0.533. The SMILES string of the molecule is Cc1nc2c(c(=O)[nH]1)CCN(C(O)Oc1ccc(Br)cc1)C2. The Hall–Kier alpha value is -1.70. The van der Waals surface area contributed by atoms with Gasteiger partial charge < -0.3 is 14.8 Å². The molecular weight excluding hydrogens is 350 g/mol. The van der Waals surface area contributed by atoms with Crippen molar-refractivity contribution in [1.82, 2.24) is 14.9 Å². The lowest BCUT2D eigenvalue weighted by molar-refractivity contribution is -0.142. The summed E-state index contributed by atoms with van der Waals surface area (Å²) in [5, 5.41) is 10.2. The average Bonchev–Trinajstić information content (AvgIpc) is 2.48. The summed E-state index contributed by atoms with van der Waals surface area (Å²) in [5.74, 6) is 1.16. The largest absolute Gasteiger partial charge is 0.451 e. The zero-order valence-corrected chi connectivity index (χ0v) is 13.6. The molecule has 1 aliphatic rings. The number of aryl methyl sites for hydroxylation is 1. The molecule has 0 saturated carbocycles. The fraction of sp³-hybridized carbons (Fsp3) is 0.333. The second kappa shape index (κ2) is 6.20. The highest BCUT2D eigenvalue weighted by Gasteiger charge is 2.26. The van der Waals surface area contributed by atoms with E-state index in [0.29, 0.717) is 42.3 Å². The zero-order valence-electron chi connectivity index (χ0n) is 12.0. The van der Waals surface area contributed by atoms with E-state index in [1.807, 2.05) is 12.1 Å². The van der Waals surface area contributed by atoms with Gasteiger partial charge in [0.15, 0.2) is 0 Å². The van der Waals surface area contributed by atoms with Gasteiger partial charge in [-0.1, -0.05) is 15.9 Å². The number of aromatic nitrogens is 2. The van der Waals surface area contributed by atoms with Gasteiger partial charge in [-0.15, -0.1) is 0 Å². The third kappa shape index (κ3) is 3.21. The summed E-state index contributed by atoms with van der Waals surface area (Å²) < 4.78 is 6.48. The van der Waals surface area contributed by atoms with Gasteiger partial charge in [0.25, 0.3) is 12.0 Å². The van der Waals surface area contributed by atoms with Gasteiger partial charge in [0.2, 0.25) is 0 Å². The maximum atomic E-state index is 11.9.